The second-order valence-electron chi connectivity index (χ2n) is 2.60. The molecule has 0 spiro atoms. The van der Waals surface area contributed by atoms with Gasteiger partial charge in [-0.15, -0.1) is 0 Å². The lowest BCUT2D eigenvalue weighted by atomic mass is 10.0. The Morgan fingerprint density at radius 2 is 2.23 bits per heavy atom. The van der Waals surface area contributed by atoms with Gasteiger partial charge in [0, 0.05) is 0 Å². The zero-order valence-corrected chi connectivity index (χ0v) is 7.50. The van der Waals surface area contributed by atoms with E-state index < -0.39 is 0 Å². The highest BCUT2D eigenvalue weighted by atomic mass is 16.5. The Bertz CT molecular complexity index is 377. The number of benzene rings is 1. The van der Waals surface area contributed by atoms with E-state index in [9.17, 15) is 4.79 Å². The fourth-order valence-electron chi connectivity index (χ4n) is 1.15. The van der Waals surface area contributed by atoms with Crippen LogP contribution in [0, 0.1) is 18.3 Å². The minimum Gasteiger partial charge on any atom is -0.496 e. The molecule has 0 fully saturated rings. The summed E-state index contributed by atoms with van der Waals surface area (Å²) < 4.78 is 4.95. The maximum absolute atomic E-state index is 10.7. The summed E-state index contributed by atoms with van der Waals surface area (Å²) in [5.41, 5.74) is 1.49. The van der Waals surface area contributed by atoms with Crippen LogP contribution in [0.25, 0.3) is 0 Å². The van der Waals surface area contributed by atoms with Gasteiger partial charge >= 0.3 is 0 Å². The first kappa shape index (κ1) is 9.27. The largest absolute Gasteiger partial charge is 0.496 e. The van der Waals surface area contributed by atoms with Crippen molar-refractivity contribution in [3.8, 4) is 11.8 Å². The molecule has 0 aliphatic carbocycles. The van der Waals surface area contributed by atoms with Crippen LogP contribution >= 0.6 is 0 Å². The van der Waals surface area contributed by atoms with E-state index in [1.807, 2.05) is 6.07 Å². The molecule has 0 radical (unpaired) electrons. The van der Waals surface area contributed by atoms with E-state index >= 15 is 0 Å². The Balaban J connectivity index is 3.47. The molecule has 3 heteroatoms. The van der Waals surface area contributed by atoms with Gasteiger partial charge in [0.1, 0.15) is 11.8 Å². The first-order chi connectivity index (χ1) is 6.24. The summed E-state index contributed by atoms with van der Waals surface area (Å²) in [6.07, 6.45) is 0.643. The van der Waals surface area contributed by atoms with Crippen LogP contribution in [0.1, 0.15) is 21.5 Å². The van der Waals surface area contributed by atoms with Crippen molar-refractivity contribution in [1.29, 1.82) is 5.26 Å². The van der Waals surface area contributed by atoms with Crippen LogP contribution in [0.5, 0.6) is 5.75 Å². The van der Waals surface area contributed by atoms with Gasteiger partial charge < -0.3 is 4.74 Å². The molecule has 0 bridgehead atoms. The number of carbonyl (C=O) groups excluding carboxylic acids is 1. The van der Waals surface area contributed by atoms with Crippen molar-refractivity contribution < 1.29 is 9.53 Å². The molecule has 1 rings (SSSR count). The van der Waals surface area contributed by atoms with E-state index in [4.69, 9.17) is 10.00 Å². The van der Waals surface area contributed by atoms with Crippen molar-refractivity contribution >= 4 is 6.29 Å². The summed E-state index contributed by atoms with van der Waals surface area (Å²) in [6.45, 7) is 1.78. The number of nitrogens with zero attached hydrogens (tertiary/aromatic N) is 1. The van der Waals surface area contributed by atoms with Crippen molar-refractivity contribution in [1.82, 2.24) is 0 Å². The summed E-state index contributed by atoms with van der Waals surface area (Å²) >= 11 is 0. The van der Waals surface area contributed by atoms with Gasteiger partial charge in [0.05, 0.1) is 18.2 Å². The topological polar surface area (TPSA) is 50.1 Å². The van der Waals surface area contributed by atoms with Gasteiger partial charge in [-0.25, -0.2) is 0 Å². The number of carbonyl (C=O) groups is 1. The molecule has 13 heavy (non-hydrogen) atoms. The summed E-state index contributed by atoms with van der Waals surface area (Å²) in [5.74, 6) is 0.442. The fourth-order valence-corrected chi connectivity index (χ4v) is 1.15. The SMILES string of the molecule is COc1ccc(C)c(C#N)c1C=O. The number of rotatable bonds is 2. The molecule has 0 aliphatic rings. The second-order valence-corrected chi connectivity index (χ2v) is 2.60. The second kappa shape index (κ2) is 3.72. The highest BCUT2D eigenvalue weighted by Gasteiger charge is 2.09. The van der Waals surface area contributed by atoms with Crippen LogP contribution in [-0.2, 0) is 0 Å². The van der Waals surface area contributed by atoms with E-state index in [1.54, 1.807) is 19.1 Å². The first-order valence-electron chi connectivity index (χ1n) is 3.77. The molecule has 66 valence electrons. The van der Waals surface area contributed by atoms with E-state index in [2.05, 4.69) is 0 Å². The van der Waals surface area contributed by atoms with Gasteiger partial charge in [-0.1, -0.05) is 6.07 Å². The molecule has 0 atom stereocenters. The quantitative estimate of drug-likeness (QED) is 0.642. The van der Waals surface area contributed by atoms with Gasteiger partial charge in [0.15, 0.2) is 6.29 Å². The third kappa shape index (κ3) is 1.52. The molecule has 0 aromatic heterocycles. The summed E-state index contributed by atoms with van der Waals surface area (Å²) in [7, 11) is 1.47. The first-order valence-corrected chi connectivity index (χ1v) is 3.77. The zero-order valence-electron chi connectivity index (χ0n) is 7.50. The lowest BCUT2D eigenvalue weighted by Crippen LogP contribution is -1.96. The predicted octanol–water partition coefficient (Wildman–Crippen LogP) is 1.69. The summed E-state index contributed by atoms with van der Waals surface area (Å²) in [6, 6.07) is 5.41. The smallest absolute Gasteiger partial charge is 0.155 e. The fraction of sp³-hybridized carbons (Fsp3) is 0.200. The lowest BCUT2D eigenvalue weighted by molar-refractivity contribution is 0.112. The van der Waals surface area contributed by atoms with E-state index in [0.717, 1.165) is 5.56 Å². The van der Waals surface area contributed by atoms with Gasteiger partial charge in [-0.2, -0.15) is 5.26 Å². The molecule has 0 unspecified atom stereocenters. The normalized spacial score (nSPS) is 9.00. The van der Waals surface area contributed by atoms with Gasteiger partial charge in [0.2, 0.25) is 0 Å². The van der Waals surface area contributed by atoms with Crippen molar-refractivity contribution in [2.24, 2.45) is 0 Å². The number of ether oxygens (including phenoxy) is 1. The molecule has 0 amide bonds. The highest BCUT2D eigenvalue weighted by molar-refractivity contribution is 5.84. The van der Waals surface area contributed by atoms with Crippen LogP contribution in [0.4, 0.5) is 0 Å². The van der Waals surface area contributed by atoms with Gasteiger partial charge in [0.25, 0.3) is 0 Å². The van der Waals surface area contributed by atoms with Crippen LogP contribution in [0.15, 0.2) is 12.1 Å². The number of hydrogen-bond donors (Lipinski definition) is 0. The Kier molecular flexibility index (Phi) is 2.65. The molecule has 1 aromatic carbocycles. The highest BCUT2D eigenvalue weighted by Crippen LogP contribution is 2.22. The minimum atomic E-state index is 0.324. The summed E-state index contributed by atoms with van der Waals surface area (Å²) in [4.78, 5) is 10.7. The maximum Gasteiger partial charge on any atom is 0.155 e. The number of methoxy groups -OCH3 is 1. The Morgan fingerprint density at radius 1 is 1.54 bits per heavy atom. The summed E-state index contributed by atoms with van der Waals surface area (Å²) in [5, 5.41) is 8.79. The Labute approximate surface area is 76.6 Å². The van der Waals surface area contributed by atoms with Crippen molar-refractivity contribution in [2.75, 3.05) is 7.11 Å². The number of aldehydes is 1. The Morgan fingerprint density at radius 3 is 2.69 bits per heavy atom. The molecule has 1 aromatic rings. The molecule has 0 N–H and O–H groups in total. The van der Waals surface area contributed by atoms with Crippen molar-refractivity contribution in [2.45, 2.75) is 6.92 Å². The van der Waals surface area contributed by atoms with Crippen LogP contribution in [0.3, 0.4) is 0 Å². The molecule has 0 aliphatic heterocycles. The third-order valence-electron chi connectivity index (χ3n) is 1.86. The van der Waals surface area contributed by atoms with Gasteiger partial charge in [-0.05, 0) is 18.6 Å². The van der Waals surface area contributed by atoms with E-state index in [0.29, 0.717) is 23.2 Å². The molecular formula is C10H9NO2. The minimum absolute atomic E-state index is 0.324. The van der Waals surface area contributed by atoms with Gasteiger partial charge in [-0.3, -0.25) is 4.79 Å². The van der Waals surface area contributed by atoms with E-state index in [-0.39, 0.29) is 0 Å². The molecule has 0 saturated carbocycles. The van der Waals surface area contributed by atoms with Crippen LogP contribution in [-0.4, -0.2) is 13.4 Å². The van der Waals surface area contributed by atoms with Crippen molar-refractivity contribution in [3.63, 3.8) is 0 Å². The molecule has 3 nitrogen and oxygen atoms in total. The maximum atomic E-state index is 10.7. The van der Waals surface area contributed by atoms with Crippen LogP contribution in [0.2, 0.25) is 0 Å². The van der Waals surface area contributed by atoms with Crippen molar-refractivity contribution in [3.05, 3.63) is 28.8 Å². The average Bonchev–Trinajstić information content (AvgIpc) is 2.17. The monoisotopic (exact) mass is 175 g/mol. The van der Waals surface area contributed by atoms with E-state index in [1.165, 1.54) is 7.11 Å². The zero-order chi connectivity index (χ0) is 9.84. The molecule has 0 saturated heterocycles. The average molecular weight is 175 g/mol. The molecule has 0 heterocycles. The third-order valence-corrected chi connectivity index (χ3v) is 1.86. The number of nitriles is 1. The predicted molar refractivity (Wildman–Crippen MR) is 47.8 cm³/mol. The standard InChI is InChI=1S/C10H9NO2/c1-7-3-4-10(13-2)9(6-12)8(7)5-11/h3-4,6H,1-2H3. The Hall–Kier alpha value is -1.82. The number of hydrogen-bond acceptors (Lipinski definition) is 3. The number of aryl methyl sites for hydroxylation is 1. The van der Waals surface area contributed by atoms with Crippen LogP contribution < -0.4 is 4.74 Å². The molecular weight excluding hydrogens is 166 g/mol. The lowest BCUT2D eigenvalue weighted by Gasteiger charge is -2.06.